The standard InChI is InChI=1S/C15H20ClN3O3/c16-13-4-2-12(3-5-13)14(20)18-15(21)17-6-1-7-19-8-10-22-11-9-19/h2-5H,1,6-11H2,(H2,17,18,20,21)/p+1. The molecule has 2 rings (SSSR count). The topological polar surface area (TPSA) is 71.9 Å². The molecular weight excluding hydrogens is 306 g/mol. The van der Waals surface area contributed by atoms with Gasteiger partial charge in [-0.15, -0.1) is 0 Å². The highest BCUT2D eigenvalue weighted by Gasteiger charge is 2.13. The van der Waals surface area contributed by atoms with Crippen molar-refractivity contribution in [3.8, 4) is 0 Å². The number of hydrogen-bond acceptors (Lipinski definition) is 3. The Bertz CT molecular complexity index is 501. The minimum absolute atomic E-state index is 0.400. The molecule has 0 atom stereocenters. The number of carbonyl (C=O) groups excluding carboxylic acids is 2. The van der Waals surface area contributed by atoms with Crippen molar-refractivity contribution in [2.45, 2.75) is 6.42 Å². The maximum absolute atomic E-state index is 11.8. The van der Waals surface area contributed by atoms with Crippen molar-refractivity contribution in [3.63, 3.8) is 0 Å². The molecule has 6 nitrogen and oxygen atoms in total. The Kier molecular flexibility index (Phi) is 6.64. The molecule has 1 fully saturated rings. The van der Waals surface area contributed by atoms with Crippen molar-refractivity contribution in [1.82, 2.24) is 10.6 Å². The number of benzene rings is 1. The van der Waals surface area contributed by atoms with Crippen LogP contribution in [-0.2, 0) is 4.74 Å². The van der Waals surface area contributed by atoms with Crippen LogP contribution in [-0.4, -0.2) is 51.3 Å². The first-order valence-corrected chi connectivity index (χ1v) is 7.79. The molecule has 0 bridgehead atoms. The van der Waals surface area contributed by atoms with Gasteiger partial charge in [-0.05, 0) is 24.3 Å². The Morgan fingerprint density at radius 3 is 2.55 bits per heavy atom. The number of rotatable bonds is 5. The molecule has 1 heterocycles. The number of nitrogens with one attached hydrogen (secondary N) is 3. The van der Waals surface area contributed by atoms with E-state index >= 15 is 0 Å². The first-order chi connectivity index (χ1) is 10.6. The van der Waals surface area contributed by atoms with Crippen molar-refractivity contribution >= 4 is 23.5 Å². The van der Waals surface area contributed by atoms with E-state index in [0.717, 1.165) is 39.3 Å². The fourth-order valence-corrected chi connectivity index (χ4v) is 2.40. The van der Waals surface area contributed by atoms with E-state index in [4.69, 9.17) is 16.3 Å². The summed E-state index contributed by atoms with van der Waals surface area (Å²) in [6, 6.07) is 5.90. The average molecular weight is 327 g/mol. The van der Waals surface area contributed by atoms with Crippen molar-refractivity contribution in [3.05, 3.63) is 34.9 Å². The lowest BCUT2D eigenvalue weighted by atomic mass is 10.2. The average Bonchev–Trinajstić information content (AvgIpc) is 2.53. The summed E-state index contributed by atoms with van der Waals surface area (Å²) in [6.45, 7) is 5.18. The van der Waals surface area contributed by atoms with E-state index in [1.165, 1.54) is 4.90 Å². The molecule has 0 spiro atoms. The third kappa shape index (κ3) is 5.63. The zero-order valence-corrected chi connectivity index (χ0v) is 13.1. The van der Waals surface area contributed by atoms with Crippen LogP contribution in [0, 0.1) is 0 Å². The van der Waals surface area contributed by atoms with Crippen LogP contribution < -0.4 is 15.5 Å². The van der Waals surface area contributed by atoms with Gasteiger partial charge in [0.1, 0.15) is 13.1 Å². The molecular formula is C15H21ClN3O3+. The smallest absolute Gasteiger partial charge is 0.321 e. The molecule has 3 N–H and O–H groups in total. The van der Waals surface area contributed by atoms with Gasteiger partial charge >= 0.3 is 6.03 Å². The summed E-state index contributed by atoms with van der Waals surface area (Å²) in [5.74, 6) is -0.437. The van der Waals surface area contributed by atoms with E-state index in [-0.39, 0.29) is 0 Å². The quantitative estimate of drug-likeness (QED) is 0.671. The molecule has 3 amide bonds. The second kappa shape index (κ2) is 8.73. The Labute approximate surface area is 134 Å². The molecule has 1 aliphatic heterocycles. The highest BCUT2D eigenvalue weighted by Crippen LogP contribution is 2.09. The molecule has 0 aliphatic carbocycles. The van der Waals surface area contributed by atoms with Crippen LogP contribution in [0.5, 0.6) is 0 Å². The normalized spacial score (nSPS) is 15.3. The van der Waals surface area contributed by atoms with Gasteiger partial charge in [0.25, 0.3) is 5.91 Å². The van der Waals surface area contributed by atoms with Crippen molar-refractivity contribution in [2.75, 3.05) is 39.4 Å². The second-order valence-electron chi connectivity index (χ2n) is 5.18. The molecule has 0 radical (unpaired) electrons. The Balaban J connectivity index is 1.62. The number of carbonyl (C=O) groups is 2. The number of ether oxygens (including phenoxy) is 1. The van der Waals surface area contributed by atoms with Crippen molar-refractivity contribution < 1.29 is 19.2 Å². The Morgan fingerprint density at radius 1 is 1.18 bits per heavy atom. The van der Waals surface area contributed by atoms with E-state index in [1.54, 1.807) is 24.3 Å². The summed E-state index contributed by atoms with van der Waals surface area (Å²) in [7, 11) is 0. The molecule has 1 aromatic rings. The van der Waals surface area contributed by atoms with E-state index < -0.39 is 11.9 Å². The van der Waals surface area contributed by atoms with E-state index in [2.05, 4.69) is 10.6 Å². The molecule has 22 heavy (non-hydrogen) atoms. The summed E-state index contributed by atoms with van der Waals surface area (Å²) in [5.41, 5.74) is 0.400. The van der Waals surface area contributed by atoms with Gasteiger partial charge in [0, 0.05) is 23.6 Å². The third-order valence-corrected chi connectivity index (χ3v) is 3.78. The highest BCUT2D eigenvalue weighted by atomic mass is 35.5. The Hall–Kier alpha value is -1.63. The van der Waals surface area contributed by atoms with Crippen LogP contribution in [0.2, 0.25) is 5.02 Å². The molecule has 0 unspecified atom stereocenters. The number of morpholine rings is 1. The van der Waals surface area contributed by atoms with Gasteiger partial charge in [-0.1, -0.05) is 11.6 Å². The molecule has 0 aromatic heterocycles. The molecule has 0 saturated carbocycles. The number of halogens is 1. The van der Waals surface area contributed by atoms with Crippen LogP contribution in [0.25, 0.3) is 0 Å². The third-order valence-electron chi connectivity index (χ3n) is 3.53. The second-order valence-corrected chi connectivity index (χ2v) is 5.62. The lowest BCUT2D eigenvalue weighted by Gasteiger charge is -2.23. The number of amides is 3. The lowest BCUT2D eigenvalue weighted by Crippen LogP contribution is -3.14. The van der Waals surface area contributed by atoms with Crippen LogP contribution in [0.3, 0.4) is 0 Å². The molecule has 1 aromatic carbocycles. The minimum atomic E-state index is -0.475. The fraction of sp³-hybridized carbons (Fsp3) is 0.467. The molecule has 1 saturated heterocycles. The number of imide groups is 1. The minimum Gasteiger partial charge on any atom is -0.370 e. The van der Waals surface area contributed by atoms with E-state index in [9.17, 15) is 9.59 Å². The zero-order chi connectivity index (χ0) is 15.8. The predicted octanol–water partition coefficient (Wildman–Crippen LogP) is 0.0846. The van der Waals surface area contributed by atoms with Gasteiger partial charge in [0.15, 0.2) is 0 Å². The van der Waals surface area contributed by atoms with Gasteiger partial charge < -0.3 is 15.0 Å². The first-order valence-electron chi connectivity index (χ1n) is 7.41. The van der Waals surface area contributed by atoms with Crippen LogP contribution >= 0.6 is 11.6 Å². The summed E-state index contributed by atoms with van der Waals surface area (Å²) in [6.07, 6.45) is 0.873. The van der Waals surface area contributed by atoms with Gasteiger partial charge in [0.05, 0.1) is 19.8 Å². The van der Waals surface area contributed by atoms with Gasteiger partial charge in [0.2, 0.25) is 0 Å². The first kappa shape index (κ1) is 16.7. The van der Waals surface area contributed by atoms with Gasteiger partial charge in [-0.2, -0.15) is 0 Å². The maximum atomic E-state index is 11.8. The molecule has 1 aliphatic rings. The van der Waals surface area contributed by atoms with Crippen molar-refractivity contribution in [1.29, 1.82) is 0 Å². The summed E-state index contributed by atoms with van der Waals surface area (Å²) >= 11 is 5.75. The number of hydrogen-bond donors (Lipinski definition) is 3. The zero-order valence-electron chi connectivity index (χ0n) is 12.4. The monoisotopic (exact) mass is 326 g/mol. The van der Waals surface area contributed by atoms with E-state index in [1.807, 2.05) is 0 Å². The summed E-state index contributed by atoms with van der Waals surface area (Å²) in [4.78, 5) is 25.0. The molecule has 120 valence electrons. The fourth-order valence-electron chi connectivity index (χ4n) is 2.27. The summed E-state index contributed by atoms with van der Waals surface area (Å²) < 4.78 is 5.29. The van der Waals surface area contributed by atoms with Crippen molar-refractivity contribution in [2.24, 2.45) is 0 Å². The maximum Gasteiger partial charge on any atom is 0.321 e. The van der Waals surface area contributed by atoms with Crippen LogP contribution in [0.4, 0.5) is 4.79 Å². The van der Waals surface area contributed by atoms with Gasteiger partial charge in [-0.3, -0.25) is 10.1 Å². The predicted molar refractivity (Wildman–Crippen MR) is 83.3 cm³/mol. The Morgan fingerprint density at radius 2 is 1.86 bits per heavy atom. The van der Waals surface area contributed by atoms with Crippen LogP contribution in [0.1, 0.15) is 16.8 Å². The summed E-state index contributed by atoms with van der Waals surface area (Å²) in [5, 5.41) is 5.54. The largest absolute Gasteiger partial charge is 0.370 e. The van der Waals surface area contributed by atoms with E-state index in [0.29, 0.717) is 17.1 Å². The van der Waals surface area contributed by atoms with Crippen LogP contribution in [0.15, 0.2) is 24.3 Å². The lowest BCUT2D eigenvalue weighted by molar-refractivity contribution is -0.908. The SMILES string of the molecule is O=C(NCCC[NH+]1CCOCC1)NC(=O)c1ccc(Cl)cc1. The number of urea groups is 1. The number of quaternary nitrogens is 1. The highest BCUT2D eigenvalue weighted by molar-refractivity contribution is 6.30. The molecule has 7 heteroatoms. The van der Waals surface area contributed by atoms with Gasteiger partial charge in [-0.25, -0.2) is 4.79 Å².